The van der Waals surface area contributed by atoms with E-state index in [1.165, 1.54) is 10.4 Å². The fourth-order valence-electron chi connectivity index (χ4n) is 2.26. The maximum absolute atomic E-state index is 12.6. The Morgan fingerprint density at radius 1 is 1.23 bits per heavy atom. The van der Waals surface area contributed by atoms with Gasteiger partial charge in [0.25, 0.3) is 0 Å². The molecule has 1 aliphatic heterocycles. The molecule has 1 fully saturated rings. The van der Waals surface area contributed by atoms with E-state index in [9.17, 15) is 8.42 Å². The number of benzene rings is 1. The molecule has 1 heterocycles. The van der Waals surface area contributed by atoms with Gasteiger partial charge in [-0.2, -0.15) is 4.31 Å². The van der Waals surface area contributed by atoms with Gasteiger partial charge in [0, 0.05) is 32.2 Å². The van der Waals surface area contributed by atoms with Crippen molar-refractivity contribution in [1.29, 1.82) is 0 Å². The molecule has 0 unspecified atom stereocenters. The predicted octanol–water partition coefficient (Wildman–Crippen LogP) is 1.93. The third-order valence-electron chi connectivity index (χ3n) is 3.39. The molecule has 5 nitrogen and oxygen atoms in total. The molecule has 0 bridgehead atoms. The lowest BCUT2D eigenvalue weighted by molar-refractivity contribution is 0.263. The van der Waals surface area contributed by atoms with E-state index in [-0.39, 0.29) is 16.0 Å². The largest absolute Gasteiger partial charge is 0.360 e. The standard InChI is InChI=1S/C14H20ClN3O2S2/c1-11(2)16-14(21)17-7-9-18(10-8-17)22(19,20)13-6-4-3-5-12(13)15/h3-6,11H,7-10H2,1-2H3,(H,16,21). The average molecular weight is 362 g/mol. The molecule has 0 aliphatic carbocycles. The van der Waals surface area contributed by atoms with Gasteiger partial charge in [-0.15, -0.1) is 0 Å². The van der Waals surface area contributed by atoms with Crippen LogP contribution in [0.4, 0.5) is 0 Å². The zero-order chi connectivity index (χ0) is 16.3. The Morgan fingerprint density at radius 2 is 1.82 bits per heavy atom. The first-order chi connectivity index (χ1) is 10.3. The molecule has 22 heavy (non-hydrogen) atoms. The maximum Gasteiger partial charge on any atom is 0.244 e. The molecule has 1 aromatic carbocycles. The van der Waals surface area contributed by atoms with Crippen molar-refractivity contribution in [2.45, 2.75) is 24.8 Å². The summed E-state index contributed by atoms with van der Waals surface area (Å²) in [5, 5.41) is 4.10. The van der Waals surface area contributed by atoms with Crippen molar-refractivity contribution >= 4 is 39.0 Å². The number of hydrogen-bond donors (Lipinski definition) is 1. The molecule has 0 radical (unpaired) electrons. The van der Waals surface area contributed by atoms with Crippen molar-refractivity contribution in [3.05, 3.63) is 29.3 Å². The van der Waals surface area contributed by atoms with E-state index in [1.807, 2.05) is 18.7 Å². The zero-order valence-corrected chi connectivity index (χ0v) is 15.0. The first-order valence-electron chi connectivity index (χ1n) is 7.12. The van der Waals surface area contributed by atoms with Crippen LogP contribution in [0.15, 0.2) is 29.2 Å². The molecule has 1 N–H and O–H groups in total. The number of nitrogens with zero attached hydrogens (tertiary/aromatic N) is 2. The minimum atomic E-state index is -3.55. The van der Waals surface area contributed by atoms with Gasteiger partial charge in [-0.1, -0.05) is 23.7 Å². The first kappa shape index (κ1) is 17.5. The molecule has 0 spiro atoms. The number of sulfonamides is 1. The van der Waals surface area contributed by atoms with Crippen LogP contribution in [0.25, 0.3) is 0 Å². The SMILES string of the molecule is CC(C)NC(=S)N1CCN(S(=O)(=O)c2ccccc2Cl)CC1. The topological polar surface area (TPSA) is 52.6 Å². The molecule has 0 amide bonds. The quantitative estimate of drug-likeness (QED) is 0.834. The minimum Gasteiger partial charge on any atom is -0.360 e. The number of rotatable bonds is 3. The highest BCUT2D eigenvalue weighted by atomic mass is 35.5. The minimum absolute atomic E-state index is 0.160. The highest BCUT2D eigenvalue weighted by molar-refractivity contribution is 7.89. The van der Waals surface area contributed by atoms with E-state index in [1.54, 1.807) is 18.2 Å². The highest BCUT2D eigenvalue weighted by Gasteiger charge is 2.30. The van der Waals surface area contributed by atoms with Crippen LogP contribution in [0.3, 0.4) is 0 Å². The van der Waals surface area contributed by atoms with Gasteiger partial charge in [-0.05, 0) is 38.2 Å². The third-order valence-corrected chi connectivity index (χ3v) is 6.17. The van der Waals surface area contributed by atoms with Crippen molar-refractivity contribution in [2.75, 3.05) is 26.2 Å². The lowest BCUT2D eigenvalue weighted by Gasteiger charge is -2.36. The molecule has 122 valence electrons. The van der Waals surface area contributed by atoms with Crippen LogP contribution in [0, 0.1) is 0 Å². The smallest absolute Gasteiger partial charge is 0.244 e. The molecule has 1 saturated heterocycles. The van der Waals surface area contributed by atoms with Gasteiger partial charge in [-0.25, -0.2) is 8.42 Å². The summed E-state index contributed by atoms with van der Waals surface area (Å²) in [6.07, 6.45) is 0. The van der Waals surface area contributed by atoms with Crippen molar-refractivity contribution in [2.24, 2.45) is 0 Å². The maximum atomic E-state index is 12.6. The molecule has 8 heteroatoms. The summed E-state index contributed by atoms with van der Waals surface area (Å²) in [4.78, 5) is 2.15. The summed E-state index contributed by atoms with van der Waals surface area (Å²) in [6.45, 7) is 5.97. The van der Waals surface area contributed by atoms with Crippen molar-refractivity contribution in [1.82, 2.24) is 14.5 Å². The monoisotopic (exact) mass is 361 g/mol. The fraction of sp³-hybridized carbons (Fsp3) is 0.500. The van der Waals surface area contributed by atoms with Gasteiger partial charge < -0.3 is 10.2 Å². The molecule has 0 atom stereocenters. The average Bonchev–Trinajstić information content (AvgIpc) is 2.47. The van der Waals surface area contributed by atoms with Crippen LogP contribution >= 0.6 is 23.8 Å². The van der Waals surface area contributed by atoms with Crippen molar-refractivity contribution < 1.29 is 8.42 Å². The second-order valence-electron chi connectivity index (χ2n) is 5.43. The summed E-state index contributed by atoms with van der Waals surface area (Å²) < 4.78 is 26.7. The normalized spacial score (nSPS) is 16.8. The Hall–Kier alpha value is -0.890. The van der Waals surface area contributed by atoms with E-state index in [4.69, 9.17) is 23.8 Å². The molecule has 0 saturated carbocycles. The van der Waals surface area contributed by atoms with Gasteiger partial charge in [0.15, 0.2) is 5.11 Å². The number of halogens is 1. The van der Waals surface area contributed by atoms with E-state index in [0.717, 1.165) is 0 Å². The predicted molar refractivity (Wildman–Crippen MR) is 92.7 cm³/mol. The molecule has 1 aromatic rings. The van der Waals surface area contributed by atoms with E-state index in [2.05, 4.69) is 5.32 Å². The van der Waals surface area contributed by atoms with Gasteiger partial charge in [-0.3, -0.25) is 0 Å². The molecule has 2 rings (SSSR count). The van der Waals surface area contributed by atoms with E-state index < -0.39 is 10.0 Å². The molecule has 1 aliphatic rings. The molecule has 0 aromatic heterocycles. The van der Waals surface area contributed by atoms with Gasteiger partial charge in [0.1, 0.15) is 4.90 Å². The van der Waals surface area contributed by atoms with Gasteiger partial charge >= 0.3 is 0 Å². The van der Waals surface area contributed by atoms with Crippen molar-refractivity contribution in [3.63, 3.8) is 0 Å². The number of hydrogen-bond acceptors (Lipinski definition) is 3. The van der Waals surface area contributed by atoms with Gasteiger partial charge in [0.2, 0.25) is 10.0 Å². The van der Waals surface area contributed by atoms with Crippen molar-refractivity contribution in [3.8, 4) is 0 Å². The molecular weight excluding hydrogens is 342 g/mol. The Bertz CT molecular complexity index is 641. The lowest BCUT2D eigenvalue weighted by Crippen LogP contribution is -2.53. The van der Waals surface area contributed by atoms with Crippen LogP contribution in [0.1, 0.15) is 13.8 Å². The number of nitrogens with one attached hydrogen (secondary N) is 1. The fourth-order valence-corrected chi connectivity index (χ4v) is 4.60. The van der Waals surface area contributed by atoms with Crippen LogP contribution in [-0.4, -0.2) is 55.0 Å². The Labute approximate surface area is 142 Å². The summed E-state index contributed by atoms with van der Waals surface area (Å²) in [6, 6.07) is 6.78. The summed E-state index contributed by atoms with van der Waals surface area (Å²) in [5.74, 6) is 0. The van der Waals surface area contributed by atoms with Crippen LogP contribution < -0.4 is 5.32 Å². The zero-order valence-electron chi connectivity index (χ0n) is 12.6. The summed E-state index contributed by atoms with van der Waals surface area (Å²) in [7, 11) is -3.55. The summed E-state index contributed by atoms with van der Waals surface area (Å²) in [5.41, 5.74) is 0. The first-order valence-corrected chi connectivity index (χ1v) is 9.35. The van der Waals surface area contributed by atoms with Gasteiger partial charge in [0.05, 0.1) is 5.02 Å². The summed E-state index contributed by atoms with van der Waals surface area (Å²) >= 11 is 11.3. The van der Waals surface area contributed by atoms with Crippen LogP contribution in [0.2, 0.25) is 5.02 Å². The second-order valence-corrected chi connectivity index (χ2v) is 8.13. The Balaban J connectivity index is 2.05. The number of piperazine rings is 1. The molecular formula is C14H20ClN3O2S2. The van der Waals surface area contributed by atoms with E-state index >= 15 is 0 Å². The highest BCUT2D eigenvalue weighted by Crippen LogP contribution is 2.24. The van der Waals surface area contributed by atoms with E-state index in [0.29, 0.717) is 31.3 Å². The third kappa shape index (κ3) is 3.90. The number of thiocarbonyl (C=S) groups is 1. The second kappa shape index (κ2) is 7.12. The Kier molecular flexibility index (Phi) is 5.65. The van der Waals surface area contributed by atoms with Crippen LogP contribution in [0.5, 0.6) is 0 Å². The van der Waals surface area contributed by atoms with Crippen LogP contribution in [-0.2, 0) is 10.0 Å². The Morgan fingerprint density at radius 3 is 2.36 bits per heavy atom. The lowest BCUT2D eigenvalue weighted by atomic mass is 10.3.